The molecule has 0 heterocycles. The topological polar surface area (TPSA) is 0 Å². The smallest absolute Gasteiger partial charge is 0.00561 e. The summed E-state index contributed by atoms with van der Waals surface area (Å²) in [7, 11) is 0. The van der Waals surface area contributed by atoms with Crippen molar-refractivity contribution >= 4 is 32.3 Å². The number of benzene rings is 6. The Morgan fingerprint density at radius 2 is 1.29 bits per heavy atom. The van der Waals surface area contributed by atoms with E-state index in [4.69, 9.17) is 0 Å². The Morgan fingerprint density at radius 1 is 0.690 bits per heavy atom. The highest BCUT2D eigenvalue weighted by Gasteiger charge is 2.17. The number of fused-ring (bicyclic) bond motifs is 3. The highest BCUT2D eigenvalue weighted by Crippen LogP contribution is 2.44. The number of rotatable bonds is 6. The van der Waals surface area contributed by atoms with E-state index in [1.165, 1.54) is 71.3 Å². The zero-order valence-electron chi connectivity index (χ0n) is 24.5. The lowest BCUT2D eigenvalue weighted by Crippen LogP contribution is -1.98. The summed E-state index contributed by atoms with van der Waals surface area (Å²) in [5, 5.41) is 7.76. The molecular weight excluding hydrogens is 504 g/mol. The first-order chi connectivity index (χ1) is 20.6. The van der Waals surface area contributed by atoms with Crippen molar-refractivity contribution in [3.8, 4) is 22.3 Å². The molecule has 6 aromatic rings. The highest BCUT2D eigenvalue weighted by atomic mass is 14.2. The largest absolute Gasteiger partial charge is 0.103 e. The van der Waals surface area contributed by atoms with E-state index in [-0.39, 0.29) is 0 Å². The van der Waals surface area contributed by atoms with Crippen molar-refractivity contribution in [1.29, 1.82) is 0 Å². The van der Waals surface area contributed by atoms with E-state index in [0.717, 1.165) is 12.8 Å². The Balaban J connectivity index is 1.39. The molecule has 0 fully saturated rings. The van der Waals surface area contributed by atoms with Crippen molar-refractivity contribution in [1.82, 2.24) is 0 Å². The lowest BCUT2D eigenvalue weighted by Gasteiger charge is -2.19. The van der Waals surface area contributed by atoms with Gasteiger partial charge in [0.25, 0.3) is 0 Å². The molecule has 0 amide bonds. The molecule has 0 spiro atoms. The van der Waals surface area contributed by atoms with Gasteiger partial charge in [-0.05, 0) is 96.1 Å². The molecule has 0 saturated heterocycles. The summed E-state index contributed by atoms with van der Waals surface area (Å²) in [4.78, 5) is 0. The van der Waals surface area contributed by atoms with Gasteiger partial charge in [0.05, 0.1) is 0 Å². The van der Waals surface area contributed by atoms with Crippen LogP contribution in [-0.4, -0.2) is 0 Å². The molecule has 1 atom stereocenters. The standard InChI is InChI=1S/C42H36/c1-4-9-29-14-16-31(17-15-29)34-24-20-32-21-25-35(27-36(32)26-34)42-39-12-7-5-10-37(39)41(38-11-6-8-13-40(38)42)33-22-18-30(19-23-33)28(2)3/h4-8,10-16,18-28,31H,1,9,17H2,2-3H3. The monoisotopic (exact) mass is 540 g/mol. The molecule has 0 N–H and O–H groups in total. The van der Waals surface area contributed by atoms with Gasteiger partial charge in [-0.3, -0.25) is 0 Å². The van der Waals surface area contributed by atoms with E-state index in [1.54, 1.807) is 0 Å². The molecule has 204 valence electrons. The van der Waals surface area contributed by atoms with Crippen LogP contribution in [0.2, 0.25) is 0 Å². The van der Waals surface area contributed by atoms with Crippen LogP contribution in [-0.2, 0) is 0 Å². The van der Waals surface area contributed by atoms with Crippen LogP contribution in [0.25, 0.3) is 54.6 Å². The molecule has 1 aliphatic carbocycles. The molecular formula is C42H36. The summed E-state index contributed by atoms with van der Waals surface area (Å²) in [6.45, 7) is 8.40. The first-order valence-corrected chi connectivity index (χ1v) is 15.2. The van der Waals surface area contributed by atoms with Gasteiger partial charge >= 0.3 is 0 Å². The minimum absolute atomic E-state index is 0.412. The molecule has 1 unspecified atom stereocenters. The predicted octanol–water partition coefficient (Wildman–Crippen LogP) is 12.1. The van der Waals surface area contributed by atoms with E-state index in [2.05, 4.69) is 148 Å². The van der Waals surface area contributed by atoms with Crippen LogP contribution in [0.5, 0.6) is 0 Å². The fraction of sp³-hybridized carbons (Fsp3) is 0.143. The van der Waals surface area contributed by atoms with Crippen molar-refractivity contribution in [2.45, 2.75) is 38.5 Å². The lowest BCUT2D eigenvalue weighted by atomic mass is 9.84. The first-order valence-electron chi connectivity index (χ1n) is 15.2. The third kappa shape index (κ3) is 4.68. The van der Waals surface area contributed by atoms with Gasteiger partial charge in [-0.2, -0.15) is 0 Å². The normalized spacial score (nSPS) is 15.0. The zero-order chi connectivity index (χ0) is 28.6. The Kier molecular flexibility index (Phi) is 6.84. The van der Waals surface area contributed by atoms with Gasteiger partial charge in [0, 0.05) is 5.92 Å². The highest BCUT2D eigenvalue weighted by molar-refractivity contribution is 6.21. The summed E-state index contributed by atoms with van der Waals surface area (Å²) in [6, 6.07) is 41.0. The van der Waals surface area contributed by atoms with Crippen LogP contribution < -0.4 is 0 Å². The molecule has 0 nitrogen and oxygen atoms in total. The maximum Gasteiger partial charge on any atom is 0.00561 e. The number of hydrogen-bond donors (Lipinski definition) is 0. The lowest BCUT2D eigenvalue weighted by molar-refractivity contribution is 0.842. The van der Waals surface area contributed by atoms with E-state index < -0.39 is 0 Å². The van der Waals surface area contributed by atoms with E-state index in [9.17, 15) is 0 Å². The van der Waals surface area contributed by atoms with Crippen LogP contribution in [0.1, 0.15) is 49.7 Å². The van der Waals surface area contributed by atoms with E-state index in [0.29, 0.717) is 11.8 Å². The van der Waals surface area contributed by atoms with Crippen molar-refractivity contribution in [3.05, 3.63) is 157 Å². The van der Waals surface area contributed by atoms with Crippen LogP contribution in [0, 0.1) is 0 Å². The van der Waals surface area contributed by atoms with E-state index >= 15 is 0 Å². The SMILES string of the molecule is C=CCC1=CCC(c2ccc3ccc(-c4c5ccccc5c(-c5ccc(C(C)C)cc5)c5ccccc45)cc3c2)C=C1. The minimum Gasteiger partial charge on any atom is -0.103 e. The minimum atomic E-state index is 0.412. The average molecular weight is 541 g/mol. The van der Waals surface area contributed by atoms with Crippen molar-refractivity contribution in [2.75, 3.05) is 0 Å². The Morgan fingerprint density at radius 3 is 1.86 bits per heavy atom. The third-order valence-corrected chi connectivity index (χ3v) is 8.94. The quantitative estimate of drug-likeness (QED) is 0.146. The van der Waals surface area contributed by atoms with Gasteiger partial charge in [0.2, 0.25) is 0 Å². The Hall–Kier alpha value is -4.68. The molecule has 0 aliphatic heterocycles. The van der Waals surface area contributed by atoms with Crippen molar-refractivity contribution in [2.24, 2.45) is 0 Å². The molecule has 42 heavy (non-hydrogen) atoms. The van der Waals surface area contributed by atoms with Crippen LogP contribution in [0.4, 0.5) is 0 Å². The van der Waals surface area contributed by atoms with Crippen LogP contribution >= 0.6 is 0 Å². The Labute approximate surface area is 249 Å². The molecule has 0 radical (unpaired) electrons. The van der Waals surface area contributed by atoms with Gasteiger partial charge in [0.15, 0.2) is 0 Å². The number of allylic oxidation sites excluding steroid dienone is 5. The molecule has 0 heteroatoms. The van der Waals surface area contributed by atoms with Crippen molar-refractivity contribution < 1.29 is 0 Å². The predicted molar refractivity (Wildman–Crippen MR) is 183 cm³/mol. The van der Waals surface area contributed by atoms with Gasteiger partial charge in [-0.25, -0.2) is 0 Å². The Bertz CT molecular complexity index is 1960. The van der Waals surface area contributed by atoms with Gasteiger partial charge in [-0.15, -0.1) is 6.58 Å². The van der Waals surface area contributed by atoms with Crippen molar-refractivity contribution in [3.63, 3.8) is 0 Å². The maximum absolute atomic E-state index is 3.89. The van der Waals surface area contributed by atoms with Crippen LogP contribution in [0.15, 0.2) is 146 Å². The molecule has 7 rings (SSSR count). The second-order valence-electron chi connectivity index (χ2n) is 11.9. The summed E-state index contributed by atoms with van der Waals surface area (Å²) >= 11 is 0. The summed E-state index contributed by atoms with van der Waals surface area (Å²) in [5.41, 5.74) is 9.27. The zero-order valence-corrected chi connectivity index (χ0v) is 24.5. The molecule has 0 saturated carbocycles. The summed E-state index contributed by atoms with van der Waals surface area (Å²) in [5.74, 6) is 0.929. The van der Waals surface area contributed by atoms with Gasteiger partial charge in [-0.1, -0.05) is 141 Å². The van der Waals surface area contributed by atoms with Gasteiger partial charge < -0.3 is 0 Å². The first kappa shape index (κ1) is 26.2. The molecule has 0 aromatic heterocycles. The average Bonchev–Trinajstić information content (AvgIpc) is 3.03. The fourth-order valence-electron chi connectivity index (χ4n) is 6.67. The second-order valence-corrected chi connectivity index (χ2v) is 11.9. The molecule has 1 aliphatic rings. The van der Waals surface area contributed by atoms with Crippen LogP contribution in [0.3, 0.4) is 0 Å². The summed E-state index contributed by atoms with van der Waals surface area (Å²) in [6.07, 6.45) is 11.0. The third-order valence-electron chi connectivity index (χ3n) is 8.94. The van der Waals surface area contributed by atoms with E-state index in [1.807, 2.05) is 6.08 Å². The van der Waals surface area contributed by atoms with Gasteiger partial charge in [0.1, 0.15) is 0 Å². The maximum atomic E-state index is 3.89. The fourth-order valence-corrected chi connectivity index (χ4v) is 6.67. The second kappa shape index (κ2) is 11.0. The number of hydrogen-bond acceptors (Lipinski definition) is 0. The summed E-state index contributed by atoms with van der Waals surface area (Å²) < 4.78 is 0. The molecule has 0 bridgehead atoms. The molecule has 6 aromatic carbocycles.